The van der Waals surface area contributed by atoms with E-state index in [1.807, 2.05) is 18.2 Å². The number of nitrogens with zero attached hydrogens (tertiary/aromatic N) is 1. The van der Waals surface area contributed by atoms with Gasteiger partial charge in [0.25, 0.3) is 0 Å². The SMILES string of the molecule is C[C@H](NCC(=O)NC1CCN(Cc2ccccc2)CC1)c1ccccc1. The number of benzene rings is 2. The first-order valence-corrected chi connectivity index (χ1v) is 9.54. The number of amides is 1. The smallest absolute Gasteiger partial charge is 0.234 e. The van der Waals surface area contributed by atoms with Crippen LogP contribution in [-0.4, -0.2) is 36.5 Å². The number of nitrogens with one attached hydrogen (secondary N) is 2. The fraction of sp³-hybridized carbons (Fsp3) is 0.409. The summed E-state index contributed by atoms with van der Waals surface area (Å²) in [5.41, 5.74) is 2.56. The predicted molar refractivity (Wildman–Crippen MR) is 106 cm³/mol. The third kappa shape index (κ3) is 5.68. The maximum atomic E-state index is 12.2. The summed E-state index contributed by atoms with van der Waals surface area (Å²) in [5, 5.41) is 6.49. The van der Waals surface area contributed by atoms with Crippen LogP contribution in [0.1, 0.15) is 36.9 Å². The van der Waals surface area contributed by atoms with Gasteiger partial charge in [-0.25, -0.2) is 0 Å². The molecular formula is C22H29N3O. The molecule has 1 fully saturated rings. The van der Waals surface area contributed by atoms with Crippen LogP contribution in [0.25, 0.3) is 0 Å². The Bertz CT molecular complexity index is 666. The van der Waals surface area contributed by atoms with E-state index in [1.165, 1.54) is 11.1 Å². The molecule has 4 heteroatoms. The van der Waals surface area contributed by atoms with Crippen LogP contribution in [0.2, 0.25) is 0 Å². The van der Waals surface area contributed by atoms with Crippen molar-refractivity contribution < 1.29 is 4.79 Å². The van der Waals surface area contributed by atoms with E-state index in [0.29, 0.717) is 12.6 Å². The van der Waals surface area contributed by atoms with Crippen molar-refractivity contribution in [3.63, 3.8) is 0 Å². The normalized spacial score (nSPS) is 17.0. The number of piperidine rings is 1. The van der Waals surface area contributed by atoms with Gasteiger partial charge < -0.3 is 10.6 Å². The number of carbonyl (C=O) groups is 1. The van der Waals surface area contributed by atoms with E-state index in [0.717, 1.165) is 32.5 Å². The maximum absolute atomic E-state index is 12.2. The minimum absolute atomic E-state index is 0.0919. The molecule has 1 saturated heterocycles. The molecule has 0 aliphatic carbocycles. The molecule has 2 aromatic rings. The van der Waals surface area contributed by atoms with Crippen molar-refractivity contribution in [2.24, 2.45) is 0 Å². The van der Waals surface area contributed by atoms with Gasteiger partial charge in [-0.15, -0.1) is 0 Å². The second kappa shape index (κ2) is 9.51. The van der Waals surface area contributed by atoms with Crippen LogP contribution in [0.5, 0.6) is 0 Å². The van der Waals surface area contributed by atoms with Crippen molar-refractivity contribution in [1.29, 1.82) is 0 Å². The van der Waals surface area contributed by atoms with Crippen molar-refractivity contribution >= 4 is 5.91 Å². The van der Waals surface area contributed by atoms with Gasteiger partial charge in [0.2, 0.25) is 5.91 Å². The number of hydrogen-bond acceptors (Lipinski definition) is 3. The molecule has 0 radical (unpaired) electrons. The zero-order valence-corrected chi connectivity index (χ0v) is 15.5. The largest absolute Gasteiger partial charge is 0.352 e. The van der Waals surface area contributed by atoms with Crippen molar-refractivity contribution in [1.82, 2.24) is 15.5 Å². The van der Waals surface area contributed by atoms with Gasteiger partial charge in [0, 0.05) is 31.7 Å². The summed E-state index contributed by atoms with van der Waals surface area (Å²) in [6, 6.07) is 21.3. The van der Waals surface area contributed by atoms with E-state index in [9.17, 15) is 4.79 Å². The first-order chi connectivity index (χ1) is 12.7. The van der Waals surface area contributed by atoms with Gasteiger partial charge in [0.05, 0.1) is 6.54 Å². The molecule has 2 aromatic carbocycles. The second-order valence-electron chi connectivity index (χ2n) is 7.12. The number of carbonyl (C=O) groups excluding carboxylic acids is 1. The first kappa shape index (κ1) is 18.6. The van der Waals surface area contributed by atoms with Crippen molar-refractivity contribution in [3.8, 4) is 0 Å². The molecule has 0 aromatic heterocycles. The molecule has 1 amide bonds. The van der Waals surface area contributed by atoms with E-state index in [1.54, 1.807) is 0 Å². The molecule has 1 heterocycles. The molecule has 1 aliphatic rings. The topological polar surface area (TPSA) is 44.4 Å². The fourth-order valence-electron chi connectivity index (χ4n) is 3.46. The number of hydrogen-bond donors (Lipinski definition) is 2. The van der Waals surface area contributed by atoms with Crippen LogP contribution in [-0.2, 0) is 11.3 Å². The summed E-state index contributed by atoms with van der Waals surface area (Å²) in [6.07, 6.45) is 2.04. The summed E-state index contributed by atoms with van der Waals surface area (Å²) < 4.78 is 0. The average Bonchev–Trinajstić information content (AvgIpc) is 2.69. The molecule has 3 rings (SSSR count). The lowest BCUT2D eigenvalue weighted by Gasteiger charge is -2.32. The Kier molecular flexibility index (Phi) is 6.81. The Morgan fingerprint density at radius 1 is 1.04 bits per heavy atom. The van der Waals surface area contributed by atoms with Crippen molar-refractivity contribution in [2.75, 3.05) is 19.6 Å². The van der Waals surface area contributed by atoms with Crippen molar-refractivity contribution in [2.45, 2.75) is 38.4 Å². The van der Waals surface area contributed by atoms with Gasteiger partial charge in [-0.2, -0.15) is 0 Å². The summed E-state index contributed by atoms with van der Waals surface area (Å²) >= 11 is 0. The highest BCUT2D eigenvalue weighted by Gasteiger charge is 2.20. The van der Waals surface area contributed by atoms with Gasteiger partial charge in [-0.3, -0.25) is 9.69 Å². The quantitative estimate of drug-likeness (QED) is 0.806. The summed E-state index contributed by atoms with van der Waals surface area (Å²) in [4.78, 5) is 14.7. The lowest BCUT2D eigenvalue weighted by atomic mass is 10.0. The third-order valence-corrected chi connectivity index (χ3v) is 5.07. The molecule has 2 N–H and O–H groups in total. The summed E-state index contributed by atoms with van der Waals surface area (Å²) in [5.74, 6) is 0.0919. The maximum Gasteiger partial charge on any atom is 0.234 e. The lowest BCUT2D eigenvalue weighted by molar-refractivity contribution is -0.121. The molecule has 0 bridgehead atoms. The Hall–Kier alpha value is -2.17. The van der Waals surface area contributed by atoms with Crippen LogP contribution >= 0.6 is 0 Å². The van der Waals surface area contributed by atoms with E-state index >= 15 is 0 Å². The molecule has 1 atom stereocenters. The van der Waals surface area contributed by atoms with Gasteiger partial charge in [-0.05, 0) is 30.9 Å². The second-order valence-corrected chi connectivity index (χ2v) is 7.12. The van der Waals surface area contributed by atoms with Crippen LogP contribution < -0.4 is 10.6 Å². The summed E-state index contributed by atoms with van der Waals surface area (Å²) in [7, 11) is 0. The Balaban J connectivity index is 1.35. The van der Waals surface area contributed by atoms with Gasteiger partial charge >= 0.3 is 0 Å². The molecule has 0 unspecified atom stereocenters. The molecular weight excluding hydrogens is 322 g/mol. The van der Waals surface area contributed by atoms with Crippen molar-refractivity contribution in [3.05, 3.63) is 71.8 Å². The van der Waals surface area contributed by atoms with Crippen LogP contribution in [0.4, 0.5) is 0 Å². The zero-order chi connectivity index (χ0) is 18.2. The monoisotopic (exact) mass is 351 g/mol. The minimum atomic E-state index is 0.0919. The number of likely N-dealkylation sites (tertiary alicyclic amines) is 1. The Labute approximate surface area is 156 Å². The van der Waals surface area contributed by atoms with Gasteiger partial charge in [0.15, 0.2) is 0 Å². The first-order valence-electron chi connectivity index (χ1n) is 9.54. The van der Waals surface area contributed by atoms with E-state index < -0.39 is 0 Å². The van der Waals surface area contributed by atoms with Crippen LogP contribution in [0.3, 0.4) is 0 Å². The average molecular weight is 351 g/mol. The zero-order valence-electron chi connectivity index (χ0n) is 15.5. The Morgan fingerprint density at radius 3 is 2.31 bits per heavy atom. The van der Waals surface area contributed by atoms with E-state index in [4.69, 9.17) is 0 Å². The molecule has 4 nitrogen and oxygen atoms in total. The predicted octanol–water partition coefficient (Wildman–Crippen LogP) is 3.12. The van der Waals surface area contributed by atoms with Gasteiger partial charge in [0.1, 0.15) is 0 Å². The molecule has 1 aliphatic heterocycles. The minimum Gasteiger partial charge on any atom is -0.352 e. The van der Waals surface area contributed by atoms with E-state index in [2.05, 4.69) is 64.9 Å². The lowest BCUT2D eigenvalue weighted by Crippen LogP contribution is -2.46. The van der Waals surface area contributed by atoms with Crippen LogP contribution in [0.15, 0.2) is 60.7 Å². The standard InChI is InChI=1S/C22H29N3O/c1-18(20-10-6-3-7-11-20)23-16-22(26)24-21-12-14-25(15-13-21)17-19-8-4-2-5-9-19/h2-11,18,21,23H,12-17H2,1H3,(H,24,26)/t18-/m0/s1. The summed E-state index contributed by atoms with van der Waals surface area (Å²) in [6.45, 7) is 5.52. The molecule has 0 saturated carbocycles. The van der Waals surface area contributed by atoms with E-state index in [-0.39, 0.29) is 11.9 Å². The highest BCUT2D eigenvalue weighted by Crippen LogP contribution is 2.14. The fourth-order valence-corrected chi connectivity index (χ4v) is 3.46. The molecule has 138 valence electrons. The third-order valence-electron chi connectivity index (χ3n) is 5.07. The number of rotatable bonds is 7. The molecule has 26 heavy (non-hydrogen) atoms. The highest BCUT2D eigenvalue weighted by atomic mass is 16.2. The Morgan fingerprint density at radius 2 is 1.65 bits per heavy atom. The molecule has 0 spiro atoms. The van der Waals surface area contributed by atoms with Crippen LogP contribution in [0, 0.1) is 0 Å². The van der Waals surface area contributed by atoms with Gasteiger partial charge in [-0.1, -0.05) is 60.7 Å². The highest BCUT2D eigenvalue weighted by molar-refractivity contribution is 5.78.